The van der Waals surface area contributed by atoms with Crippen molar-refractivity contribution in [3.8, 4) is 5.75 Å². The molecule has 26 heavy (non-hydrogen) atoms. The van der Waals surface area contributed by atoms with Crippen LogP contribution in [0.2, 0.25) is 0 Å². The zero-order chi connectivity index (χ0) is 18.6. The number of nitrogens with one attached hydrogen (secondary N) is 2. The molecule has 0 unspecified atom stereocenters. The molecule has 6 heteroatoms. The van der Waals surface area contributed by atoms with Crippen molar-refractivity contribution in [2.24, 2.45) is 0 Å². The van der Waals surface area contributed by atoms with Crippen molar-refractivity contribution in [3.63, 3.8) is 0 Å². The highest BCUT2D eigenvalue weighted by Crippen LogP contribution is 2.10. The summed E-state index contributed by atoms with van der Waals surface area (Å²) in [6.45, 7) is 0.318. The number of methoxy groups -OCH3 is 1. The quantitative estimate of drug-likeness (QED) is 0.561. The van der Waals surface area contributed by atoms with Crippen molar-refractivity contribution in [3.05, 3.63) is 65.7 Å². The molecule has 0 fully saturated rings. The highest BCUT2D eigenvalue weighted by Gasteiger charge is 2.08. The number of hydrazine groups is 1. The van der Waals surface area contributed by atoms with Crippen LogP contribution in [0.3, 0.4) is 0 Å². The number of amides is 2. The summed E-state index contributed by atoms with van der Waals surface area (Å²) in [5.41, 5.74) is 6.26. The van der Waals surface area contributed by atoms with E-state index in [4.69, 9.17) is 9.47 Å². The molecule has 0 heterocycles. The lowest BCUT2D eigenvalue weighted by Gasteiger charge is -2.09. The average Bonchev–Trinajstić information content (AvgIpc) is 2.69. The smallest absolute Gasteiger partial charge is 0.426 e. The van der Waals surface area contributed by atoms with Gasteiger partial charge >= 0.3 is 6.09 Å². The van der Waals surface area contributed by atoms with Gasteiger partial charge in [-0.25, -0.2) is 10.2 Å². The third-order valence-electron chi connectivity index (χ3n) is 3.82. The van der Waals surface area contributed by atoms with Crippen LogP contribution in [0.1, 0.15) is 35.2 Å². The first-order valence-electron chi connectivity index (χ1n) is 8.60. The Balaban J connectivity index is 1.55. The molecule has 138 valence electrons. The Bertz CT molecular complexity index is 687. The van der Waals surface area contributed by atoms with E-state index in [0.717, 1.165) is 25.7 Å². The number of hydrogen-bond acceptors (Lipinski definition) is 4. The molecule has 0 saturated heterocycles. The van der Waals surface area contributed by atoms with Crippen LogP contribution >= 0.6 is 0 Å². The highest BCUT2D eigenvalue weighted by molar-refractivity contribution is 5.95. The maximum atomic E-state index is 11.9. The lowest BCUT2D eigenvalue weighted by Crippen LogP contribution is -2.42. The van der Waals surface area contributed by atoms with Crippen LogP contribution in [0.4, 0.5) is 4.79 Å². The van der Waals surface area contributed by atoms with Gasteiger partial charge in [0.1, 0.15) is 5.75 Å². The first-order chi connectivity index (χ1) is 12.7. The Kier molecular flexibility index (Phi) is 7.99. The summed E-state index contributed by atoms with van der Waals surface area (Å²) in [7, 11) is 1.55. The Morgan fingerprint density at radius 1 is 0.885 bits per heavy atom. The van der Waals surface area contributed by atoms with E-state index in [0.29, 0.717) is 17.9 Å². The second kappa shape index (κ2) is 10.8. The Morgan fingerprint density at radius 2 is 1.62 bits per heavy atom. The van der Waals surface area contributed by atoms with E-state index in [1.807, 2.05) is 18.2 Å². The van der Waals surface area contributed by atoms with Crippen LogP contribution < -0.4 is 15.6 Å². The molecule has 0 radical (unpaired) electrons. The SMILES string of the molecule is COc1ccc(C(=O)NNC(=O)OCCCCCc2ccccc2)cc1. The normalized spacial score (nSPS) is 10.0. The van der Waals surface area contributed by atoms with Crippen molar-refractivity contribution in [2.75, 3.05) is 13.7 Å². The number of rotatable bonds is 8. The van der Waals surface area contributed by atoms with Gasteiger partial charge in [-0.1, -0.05) is 30.3 Å². The number of aryl methyl sites for hydroxylation is 1. The fourth-order valence-electron chi connectivity index (χ4n) is 2.38. The minimum absolute atomic E-state index is 0.318. The monoisotopic (exact) mass is 356 g/mol. The second-order valence-electron chi connectivity index (χ2n) is 5.74. The van der Waals surface area contributed by atoms with Gasteiger partial charge in [0.05, 0.1) is 13.7 Å². The standard InChI is InChI=1S/C20H24N2O4/c1-25-18-13-11-17(12-14-18)19(23)21-22-20(24)26-15-7-3-6-10-16-8-4-2-5-9-16/h2,4-5,8-9,11-14H,3,6-7,10,15H2,1H3,(H,21,23)(H,22,24). The Hall–Kier alpha value is -3.02. The molecule has 2 N–H and O–H groups in total. The number of unbranched alkanes of at least 4 members (excludes halogenated alkanes) is 2. The molecule has 0 bridgehead atoms. The maximum absolute atomic E-state index is 11.9. The van der Waals surface area contributed by atoms with E-state index in [1.54, 1.807) is 31.4 Å². The fourth-order valence-corrected chi connectivity index (χ4v) is 2.38. The van der Waals surface area contributed by atoms with Gasteiger partial charge < -0.3 is 9.47 Å². The minimum atomic E-state index is -0.671. The molecule has 2 aromatic rings. The van der Waals surface area contributed by atoms with E-state index in [1.165, 1.54) is 5.56 Å². The van der Waals surface area contributed by atoms with Gasteiger partial charge in [-0.2, -0.15) is 0 Å². The largest absolute Gasteiger partial charge is 0.497 e. The van der Waals surface area contributed by atoms with Crippen molar-refractivity contribution < 1.29 is 19.1 Å². The van der Waals surface area contributed by atoms with E-state index >= 15 is 0 Å². The van der Waals surface area contributed by atoms with Crippen molar-refractivity contribution in [2.45, 2.75) is 25.7 Å². The number of hydrogen-bond donors (Lipinski definition) is 2. The lowest BCUT2D eigenvalue weighted by atomic mass is 10.1. The minimum Gasteiger partial charge on any atom is -0.497 e. The molecule has 6 nitrogen and oxygen atoms in total. The molecule has 0 aliphatic carbocycles. The van der Waals surface area contributed by atoms with Crippen LogP contribution in [0.15, 0.2) is 54.6 Å². The lowest BCUT2D eigenvalue weighted by molar-refractivity contribution is 0.0908. The van der Waals surface area contributed by atoms with E-state index in [-0.39, 0.29) is 0 Å². The summed E-state index contributed by atoms with van der Waals surface area (Å²) in [6, 6.07) is 16.8. The molecule has 0 aliphatic rings. The molecule has 0 aliphatic heterocycles. The molecule has 0 saturated carbocycles. The van der Waals surface area contributed by atoms with E-state index in [9.17, 15) is 9.59 Å². The summed E-state index contributed by atoms with van der Waals surface area (Å²) in [4.78, 5) is 23.4. The summed E-state index contributed by atoms with van der Waals surface area (Å²) < 4.78 is 10.1. The number of carbonyl (C=O) groups excluding carboxylic acids is 2. The van der Waals surface area contributed by atoms with Gasteiger partial charge in [0, 0.05) is 5.56 Å². The Morgan fingerprint density at radius 3 is 2.31 bits per heavy atom. The molecule has 0 aromatic heterocycles. The summed E-state index contributed by atoms with van der Waals surface area (Å²) in [5.74, 6) is 0.230. The molecule has 2 aromatic carbocycles. The van der Waals surface area contributed by atoms with Crippen molar-refractivity contribution in [1.82, 2.24) is 10.9 Å². The zero-order valence-electron chi connectivity index (χ0n) is 14.9. The van der Waals surface area contributed by atoms with Gasteiger partial charge in [-0.05, 0) is 55.5 Å². The van der Waals surface area contributed by atoms with Crippen LogP contribution in [-0.4, -0.2) is 25.7 Å². The molecule has 0 spiro atoms. The van der Waals surface area contributed by atoms with Crippen LogP contribution in [-0.2, 0) is 11.2 Å². The van der Waals surface area contributed by atoms with Crippen LogP contribution in [0.5, 0.6) is 5.75 Å². The predicted octanol–water partition coefficient (Wildman–Crippen LogP) is 3.48. The van der Waals surface area contributed by atoms with E-state index in [2.05, 4.69) is 23.0 Å². The van der Waals surface area contributed by atoms with Gasteiger partial charge in [-0.15, -0.1) is 0 Å². The Labute approximate surface area is 153 Å². The fraction of sp³-hybridized carbons (Fsp3) is 0.300. The molecule has 2 rings (SSSR count). The number of carbonyl (C=O) groups is 2. The van der Waals surface area contributed by atoms with E-state index < -0.39 is 12.0 Å². The average molecular weight is 356 g/mol. The van der Waals surface area contributed by atoms with Gasteiger partial charge in [0.25, 0.3) is 5.91 Å². The van der Waals surface area contributed by atoms with Crippen molar-refractivity contribution >= 4 is 12.0 Å². The highest BCUT2D eigenvalue weighted by atomic mass is 16.6. The van der Waals surface area contributed by atoms with Gasteiger partial charge in [-0.3, -0.25) is 10.2 Å². The van der Waals surface area contributed by atoms with Crippen LogP contribution in [0, 0.1) is 0 Å². The first-order valence-corrected chi connectivity index (χ1v) is 8.60. The topological polar surface area (TPSA) is 76.7 Å². The second-order valence-corrected chi connectivity index (χ2v) is 5.74. The number of benzene rings is 2. The third kappa shape index (κ3) is 6.84. The summed E-state index contributed by atoms with van der Waals surface area (Å²) in [5, 5.41) is 0. The first kappa shape index (κ1) is 19.3. The zero-order valence-corrected chi connectivity index (χ0v) is 14.9. The maximum Gasteiger partial charge on any atom is 0.426 e. The molecule has 2 amide bonds. The molecular weight excluding hydrogens is 332 g/mol. The van der Waals surface area contributed by atoms with Gasteiger partial charge in [0.15, 0.2) is 0 Å². The molecular formula is C20H24N2O4. The van der Waals surface area contributed by atoms with Gasteiger partial charge in [0.2, 0.25) is 0 Å². The summed E-state index contributed by atoms with van der Waals surface area (Å²) >= 11 is 0. The number of ether oxygens (including phenoxy) is 2. The van der Waals surface area contributed by atoms with Crippen LogP contribution in [0.25, 0.3) is 0 Å². The van der Waals surface area contributed by atoms with Crippen molar-refractivity contribution in [1.29, 1.82) is 0 Å². The predicted molar refractivity (Wildman–Crippen MR) is 98.9 cm³/mol. The third-order valence-corrected chi connectivity index (χ3v) is 3.82. The summed E-state index contributed by atoms with van der Waals surface area (Å²) in [6.07, 6.45) is 3.15. The molecule has 0 atom stereocenters.